The highest BCUT2D eigenvalue weighted by Crippen LogP contribution is 2.40. The number of halogens is 3. The SMILES string of the molecule is CCn1cc(-c2cc(Cn3ccnc3C)cc3c2CCN(Cc2cc(OC)ccn2)C3=O)c(C(F)(F)F)n1. The molecule has 8 nitrogen and oxygen atoms in total. The van der Waals surface area contributed by atoms with Crippen LogP contribution in [0.3, 0.4) is 0 Å². The molecule has 1 aliphatic rings. The minimum atomic E-state index is -4.64. The van der Waals surface area contributed by atoms with E-state index in [4.69, 9.17) is 4.74 Å². The first-order valence-electron chi connectivity index (χ1n) is 12.2. The van der Waals surface area contributed by atoms with Crippen molar-refractivity contribution in [3.8, 4) is 16.9 Å². The molecule has 1 aliphatic heterocycles. The van der Waals surface area contributed by atoms with Crippen LogP contribution >= 0.6 is 0 Å². The van der Waals surface area contributed by atoms with Crippen LogP contribution in [0.2, 0.25) is 0 Å². The predicted molar refractivity (Wildman–Crippen MR) is 134 cm³/mol. The third-order valence-electron chi connectivity index (χ3n) is 6.76. The first kappa shape index (κ1) is 25.5. The fourth-order valence-electron chi connectivity index (χ4n) is 4.82. The summed E-state index contributed by atoms with van der Waals surface area (Å²) >= 11 is 0. The number of aryl methyl sites for hydroxylation is 2. The molecule has 0 unspecified atom stereocenters. The lowest BCUT2D eigenvalue weighted by Crippen LogP contribution is -2.37. The Labute approximate surface area is 217 Å². The standard InChI is InChI=1S/C27H27F3N6O2/c1-4-36-16-24(25(33-36)27(28,29)30)22-11-18(14-34-10-8-31-17(34)2)12-23-21(22)6-9-35(26(23)37)15-19-13-20(38-3)5-7-32-19/h5,7-8,10-13,16H,4,6,9,14-15H2,1-3H3. The highest BCUT2D eigenvalue weighted by molar-refractivity contribution is 5.99. The van der Waals surface area contributed by atoms with Crippen molar-refractivity contribution in [3.63, 3.8) is 0 Å². The Balaban J connectivity index is 1.61. The average Bonchev–Trinajstić information content (AvgIpc) is 3.52. The number of pyridine rings is 1. The van der Waals surface area contributed by atoms with Crippen LogP contribution in [0.4, 0.5) is 13.2 Å². The van der Waals surface area contributed by atoms with Crippen LogP contribution in [0.15, 0.2) is 49.1 Å². The van der Waals surface area contributed by atoms with Gasteiger partial charge < -0.3 is 14.2 Å². The van der Waals surface area contributed by atoms with Crippen molar-refractivity contribution in [3.05, 3.63) is 83.0 Å². The molecular formula is C27H27F3N6O2. The number of carbonyl (C=O) groups is 1. The predicted octanol–water partition coefficient (Wildman–Crippen LogP) is 4.74. The number of ether oxygens (including phenoxy) is 1. The lowest BCUT2D eigenvalue weighted by molar-refractivity contribution is -0.141. The van der Waals surface area contributed by atoms with E-state index in [-0.39, 0.29) is 18.0 Å². The van der Waals surface area contributed by atoms with Gasteiger partial charge in [-0.1, -0.05) is 0 Å². The Morgan fingerprint density at radius 3 is 2.53 bits per heavy atom. The molecule has 11 heteroatoms. The van der Waals surface area contributed by atoms with Crippen molar-refractivity contribution in [2.45, 2.75) is 46.1 Å². The summed E-state index contributed by atoms with van der Waals surface area (Å²) < 4.78 is 50.5. The van der Waals surface area contributed by atoms with Gasteiger partial charge in [-0.05, 0) is 55.2 Å². The molecule has 4 heterocycles. The Kier molecular flexibility index (Phi) is 6.68. The van der Waals surface area contributed by atoms with Crippen LogP contribution in [-0.2, 0) is 32.2 Å². The van der Waals surface area contributed by atoms with Gasteiger partial charge in [-0.3, -0.25) is 14.5 Å². The average molecular weight is 525 g/mol. The van der Waals surface area contributed by atoms with Crippen LogP contribution in [-0.4, -0.2) is 48.8 Å². The van der Waals surface area contributed by atoms with Crippen LogP contribution in [0, 0.1) is 6.92 Å². The van der Waals surface area contributed by atoms with Gasteiger partial charge in [0, 0.05) is 61.6 Å². The summed E-state index contributed by atoms with van der Waals surface area (Å²) in [5.41, 5.74) is 1.76. The zero-order valence-corrected chi connectivity index (χ0v) is 21.3. The van der Waals surface area contributed by atoms with Crippen molar-refractivity contribution in [1.29, 1.82) is 0 Å². The van der Waals surface area contributed by atoms with E-state index in [0.717, 1.165) is 5.82 Å². The number of carbonyl (C=O) groups excluding carboxylic acids is 1. The zero-order chi connectivity index (χ0) is 27.0. The molecule has 0 radical (unpaired) electrons. The first-order chi connectivity index (χ1) is 18.2. The summed E-state index contributed by atoms with van der Waals surface area (Å²) in [6, 6.07) is 7.02. The summed E-state index contributed by atoms with van der Waals surface area (Å²) in [7, 11) is 1.56. The fourth-order valence-corrected chi connectivity index (χ4v) is 4.82. The molecule has 0 fully saturated rings. The number of fused-ring (bicyclic) bond motifs is 1. The molecule has 0 spiro atoms. The normalized spacial score (nSPS) is 13.6. The van der Waals surface area contributed by atoms with Crippen LogP contribution < -0.4 is 4.74 Å². The zero-order valence-electron chi connectivity index (χ0n) is 21.3. The maximum absolute atomic E-state index is 14.0. The van der Waals surface area contributed by atoms with Crippen molar-refractivity contribution >= 4 is 5.91 Å². The van der Waals surface area contributed by atoms with Gasteiger partial charge in [-0.15, -0.1) is 0 Å². The number of hydrogen-bond acceptors (Lipinski definition) is 5. The molecule has 5 rings (SSSR count). The number of methoxy groups -OCH3 is 1. The highest BCUT2D eigenvalue weighted by Gasteiger charge is 2.39. The molecule has 3 aromatic heterocycles. The molecule has 0 bridgehead atoms. The quantitative estimate of drug-likeness (QED) is 0.349. The second kappa shape index (κ2) is 9.96. The summed E-state index contributed by atoms with van der Waals surface area (Å²) in [6.07, 6.45) is 2.26. The summed E-state index contributed by atoms with van der Waals surface area (Å²) in [6.45, 7) is 4.84. The monoisotopic (exact) mass is 524 g/mol. The van der Waals surface area contributed by atoms with Gasteiger partial charge in [-0.2, -0.15) is 18.3 Å². The summed E-state index contributed by atoms with van der Waals surface area (Å²) in [4.78, 5) is 24.0. The second-order valence-corrected chi connectivity index (χ2v) is 9.18. The van der Waals surface area contributed by atoms with Gasteiger partial charge in [0.15, 0.2) is 5.69 Å². The van der Waals surface area contributed by atoms with Gasteiger partial charge in [0.2, 0.25) is 0 Å². The number of amides is 1. The number of aromatic nitrogens is 5. The maximum Gasteiger partial charge on any atom is 0.435 e. The number of alkyl halides is 3. The van der Waals surface area contributed by atoms with Gasteiger partial charge in [0.05, 0.1) is 19.3 Å². The highest BCUT2D eigenvalue weighted by atomic mass is 19.4. The van der Waals surface area contributed by atoms with E-state index in [1.54, 1.807) is 61.8 Å². The second-order valence-electron chi connectivity index (χ2n) is 9.18. The van der Waals surface area contributed by atoms with Gasteiger partial charge >= 0.3 is 6.18 Å². The van der Waals surface area contributed by atoms with E-state index in [1.165, 1.54) is 10.9 Å². The molecule has 38 heavy (non-hydrogen) atoms. The largest absolute Gasteiger partial charge is 0.497 e. The molecular weight excluding hydrogens is 497 g/mol. The van der Waals surface area contributed by atoms with E-state index >= 15 is 0 Å². The van der Waals surface area contributed by atoms with Crippen molar-refractivity contribution in [2.75, 3.05) is 13.7 Å². The van der Waals surface area contributed by atoms with Gasteiger partial charge in [0.1, 0.15) is 11.6 Å². The van der Waals surface area contributed by atoms with E-state index in [0.29, 0.717) is 59.8 Å². The lowest BCUT2D eigenvalue weighted by Gasteiger charge is -2.30. The van der Waals surface area contributed by atoms with Crippen molar-refractivity contribution in [1.82, 2.24) is 29.2 Å². The topological polar surface area (TPSA) is 78.1 Å². The molecule has 0 atom stereocenters. The number of benzene rings is 1. The molecule has 0 N–H and O–H groups in total. The third kappa shape index (κ3) is 4.88. The molecule has 0 saturated carbocycles. The molecule has 1 aromatic carbocycles. The fraction of sp³-hybridized carbons (Fsp3) is 0.333. The molecule has 0 saturated heterocycles. The molecule has 198 valence electrons. The van der Waals surface area contributed by atoms with Gasteiger partial charge in [-0.25, -0.2) is 4.98 Å². The van der Waals surface area contributed by atoms with E-state index in [9.17, 15) is 18.0 Å². The summed E-state index contributed by atoms with van der Waals surface area (Å²) in [5.74, 6) is 1.14. The van der Waals surface area contributed by atoms with E-state index < -0.39 is 11.9 Å². The van der Waals surface area contributed by atoms with Crippen LogP contribution in [0.5, 0.6) is 5.75 Å². The number of imidazole rings is 1. The van der Waals surface area contributed by atoms with Crippen LogP contribution in [0.1, 0.15) is 45.6 Å². The third-order valence-corrected chi connectivity index (χ3v) is 6.76. The Morgan fingerprint density at radius 1 is 1.05 bits per heavy atom. The Morgan fingerprint density at radius 2 is 1.84 bits per heavy atom. The first-order valence-corrected chi connectivity index (χ1v) is 12.2. The molecule has 1 amide bonds. The van der Waals surface area contributed by atoms with E-state index in [2.05, 4.69) is 15.1 Å². The smallest absolute Gasteiger partial charge is 0.435 e. The van der Waals surface area contributed by atoms with Crippen molar-refractivity contribution < 1.29 is 22.7 Å². The Hall–Kier alpha value is -4.15. The lowest BCUT2D eigenvalue weighted by atomic mass is 9.88. The van der Waals surface area contributed by atoms with Crippen LogP contribution in [0.25, 0.3) is 11.1 Å². The van der Waals surface area contributed by atoms with E-state index in [1.807, 2.05) is 11.5 Å². The number of hydrogen-bond donors (Lipinski definition) is 0. The molecule has 0 aliphatic carbocycles. The summed E-state index contributed by atoms with van der Waals surface area (Å²) in [5, 5.41) is 3.81. The minimum absolute atomic E-state index is 0.0180. The minimum Gasteiger partial charge on any atom is -0.497 e. The Bertz CT molecular complexity index is 1490. The number of nitrogens with zero attached hydrogens (tertiary/aromatic N) is 6. The molecule has 4 aromatic rings. The van der Waals surface area contributed by atoms with Crippen molar-refractivity contribution in [2.24, 2.45) is 0 Å². The maximum atomic E-state index is 14.0. The number of rotatable bonds is 7. The van der Waals surface area contributed by atoms with Gasteiger partial charge in [0.25, 0.3) is 5.91 Å².